The lowest BCUT2D eigenvalue weighted by atomic mass is 10.2. The molecule has 19 heavy (non-hydrogen) atoms. The fourth-order valence-electron chi connectivity index (χ4n) is 0.531. The summed E-state index contributed by atoms with van der Waals surface area (Å²) in [6.07, 6.45) is 0. The Balaban J connectivity index is 4.54. The van der Waals surface area contributed by atoms with Crippen LogP contribution in [0.2, 0.25) is 0 Å². The van der Waals surface area contributed by atoms with Gasteiger partial charge < -0.3 is 46.0 Å². The summed E-state index contributed by atoms with van der Waals surface area (Å²) in [4.78, 5) is 10.1. The van der Waals surface area contributed by atoms with Gasteiger partial charge in [-0.3, -0.25) is 0 Å². The van der Waals surface area contributed by atoms with Gasteiger partial charge in [0.25, 0.3) is 11.6 Å². The summed E-state index contributed by atoms with van der Waals surface area (Å²) >= 11 is 0. The van der Waals surface area contributed by atoms with Crippen LogP contribution >= 0.6 is 0 Å². The molecule has 0 amide bonds. The second-order valence-corrected chi connectivity index (χ2v) is 3.44. The van der Waals surface area contributed by atoms with Crippen molar-refractivity contribution < 1.29 is 65.9 Å². The van der Waals surface area contributed by atoms with Crippen LogP contribution < -0.4 is 0 Å². The van der Waals surface area contributed by atoms with Crippen LogP contribution in [0.4, 0.5) is 0 Å². The predicted octanol–water partition coefficient (Wildman–Crippen LogP) is -5.94. The van der Waals surface area contributed by atoms with Gasteiger partial charge in [0.1, 0.15) is 13.2 Å². The smallest absolute Gasteiger partial charge is 0.365 e. The summed E-state index contributed by atoms with van der Waals surface area (Å²) in [5, 5.41) is 86.8. The highest BCUT2D eigenvalue weighted by molar-refractivity contribution is 4.73. The third kappa shape index (κ3) is 4.23. The van der Waals surface area contributed by atoms with Crippen LogP contribution in [0, 0.1) is 0 Å². The molecule has 116 valence electrons. The molecule has 0 saturated carbocycles. The Morgan fingerprint density at radius 1 is 0.737 bits per heavy atom. The van der Waals surface area contributed by atoms with E-state index in [-0.39, 0.29) is 0 Å². The van der Waals surface area contributed by atoms with Crippen LogP contribution in [0.3, 0.4) is 0 Å². The van der Waals surface area contributed by atoms with Crippen molar-refractivity contribution in [3.05, 3.63) is 0 Å². The van der Waals surface area contributed by atoms with Crippen molar-refractivity contribution in [3.63, 3.8) is 0 Å². The molecule has 0 spiro atoms. The number of rotatable bonds is 8. The Bertz CT molecular complexity index is 255. The van der Waals surface area contributed by atoms with E-state index in [1.165, 1.54) is 0 Å². The summed E-state index contributed by atoms with van der Waals surface area (Å²) in [6, 6.07) is 0. The summed E-state index contributed by atoms with van der Waals surface area (Å²) < 4.78 is 0. The Morgan fingerprint density at radius 2 is 1.21 bits per heavy atom. The quantitative estimate of drug-likeness (QED) is 0.114. The van der Waals surface area contributed by atoms with Gasteiger partial charge in [-0.25, -0.2) is 10.1 Å². The first kappa shape index (κ1) is 18.5. The van der Waals surface area contributed by atoms with Crippen molar-refractivity contribution in [2.75, 3.05) is 13.2 Å². The minimum absolute atomic E-state index is 1.61. The molecule has 0 bridgehead atoms. The molecule has 13 nitrogen and oxygen atoms in total. The van der Waals surface area contributed by atoms with E-state index >= 15 is 0 Å². The summed E-state index contributed by atoms with van der Waals surface area (Å²) in [5.74, 6) is -15.2. The van der Waals surface area contributed by atoms with Crippen molar-refractivity contribution in [1.82, 2.24) is 0 Å². The second-order valence-electron chi connectivity index (χ2n) is 3.44. The monoisotopic (exact) mass is 294 g/mol. The van der Waals surface area contributed by atoms with Crippen LogP contribution in [0.15, 0.2) is 0 Å². The third-order valence-corrected chi connectivity index (χ3v) is 1.83. The highest BCUT2D eigenvalue weighted by Gasteiger charge is 2.54. The molecule has 0 aliphatic carbocycles. The molecule has 10 N–H and O–H groups in total. The maximum absolute atomic E-state index is 8.93. The lowest BCUT2D eigenvalue weighted by Gasteiger charge is -2.33. The highest BCUT2D eigenvalue weighted by atomic mass is 17.3. The first-order valence-electron chi connectivity index (χ1n) is 4.36. The van der Waals surface area contributed by atoms with Crippen molar-refractivity contribution >= 4 is 0 Å². The largest absolute Gasteiger partial charge is 0.390 e. The Hall–Kier alpha value is -0.520. The molecular formula is C6H14O13. The second kappa shape index (κ2) is 5.85. The number of aliphatic hydroxyl groups is 9. The topological polar surface area (TPSA) is 230 Å². The SMILES string of the molecule is OCC(O)(O)C(O)(O)OOCC(O)(O)C(O)(O)OO. The number of hydrogen-bond donors (Lipinski definition) is 10. The summed E-state index contributed by atoms with van der Waals surface area (Å²) in [6.45, 7) is -3.29. The van der Waals surface area contributed by atoms with Gasteiger partial charge in [-0.05, 0) is 0 Å². The third-order valence-electron chi connectivity index (χ3n) is 1.83. The molecular weight excluding hydrogens is 280 g/mol. The molecule has 0 saturated heterocycles. The zero-order valence-corrected chi connectivity index (χ0v) is 9.11. The van der Waals surface area contributed by atoms with Crippen molar-refractivity contribution in [2.24, 2.45) is 0 Å². The highest BCUT2D eigenvalue weighted by Crippen LogP contribution is 2.22. The Kier molecular flexibility index (Phi) is 5.69. The van der Waals surface area contributed by atoms with Crippen molar-refractivity contribution in [3.8, 4) is 0 Å². The standard InChI is InChI=1S/C6H14O13/c7-1-3(8,9)6(14,15)19-17-2-4(10,11)5(12,13)18-16/h7-16H,1-2H2. The van der Waals surface area contributed by atoms with Crippen LogP contribution in [-0.4, -0.2) is 88.0 Å². The molecule has 0 aromatic rings. The molecule has 0 rings (SSSR count). The van der Waals surface area contributed by atoms with Crippen LogP contribution in [0.25, 0.3) is 0 Å². The van der Waals surface area contributed by atoms with Gasteiger partial charge in [-0.15, -0.1) is 0 Å². The van der Waals surface area contributed by atoms with E-state index in [1.807, 2.05) is 0 Å². The predicted molar refractivity (Wildman–Crippen MR) is 46.5 cm³/mol. The number of aliphatic hydroxyl groups excluding tert-OH is 1. The zero-order valence-electron chi connectivity index (χ0n) is 9.11. The lowest BCUT2D eigenvalue weighted by Crippen LogP contribution is -2.61. The van der Waals surface area contributed by atoms with Crippen molar-refractivity contribution in [2.45, 2.75) is 23.5 Å². The van der Waals surface area contributed by atoms with E-state index in [0.29, 0.717) is 0 Å². The molecule has 0 aromatic carbocycles. The molecule has 0 radical (unpaired) electrons. The summed E-state index contributed by atoms with van der Waals surface area (Å²) in [7, 11) is 0. The molecule has 0 aromatic heterocycles. The molecule has 0 fully saturated rings. The first-order valence-corrected chi connectivity index (χ1v) is 4.36. The molecule has 0 aliphatic heterocycles. The molecule has 0 unspecified atom stereocenters. The van der Waals surface area contributed by atoms with Crippen LogP contribution in [0.1, 0.15) is 0 Å². The maximum Gasteiger partial charge on any atom is 0.365 e. The van der Waals surface area contributed by atoms with E-state index in [4.69, 9.17) is 51.2 Å². The van der Waals surface area contributed by atoms with Crippen LogP contribution in [0.5, 0.6) is 0 Å². The summed E-state index contributed by atoms with van der Waals surface area (Å²) in [5.41, 5.74) is 0. The first-order chi connectivity index (χ1) is 8.33. The minimum atomic E-state index is -3.93. The van der Waals surface area contributed by atoms with Gasteiger partial charge in [0, 0.05) is 0 Å². The van der Waals surface area contributed by atoms with Crippen LogP contribution in [-0.2, 0) is 14.7 Å². The zero-order chi connectivity index (χ0) is 15.5. The minimum Gasteiger partial charge on any atom is -0.390 e. The average Bonchev–Trinajstić information content (AvgIpc) is 2.27. The van der Waals surface area contributed by atoms with Gasteiger partial charge in [-0.1, -0.05) is 0 Å². The van der Waals surface area contributed by atoms with E-state index in [9.17, 15) is 0 Å². The Morgan fingerprint density at radius 3 is 1.58 bits per heavy atom. The van der Waals surface area contributed by atoms with Gasteiger partial charge in [0.15, 0.2) is 0 Å². The van der Waals surface area contributed by atoms with E-state index < -0.39 is 36.7 Å². The van der Waals surface area contributed by atoms with Gasteiger partial charge >= 0.3 is 11.9 Å². The fraction of sp³-hybridized carbons (Fsp3) is 1.00. The fourth-order valence-corrected chi connectivity index (χ4v) is 0.531. The van der Waals surface area contributed by atoms with E-state index in [2.05, 4.69) is 14.7 Å². The number of hydrogen-bond acceptors (Lipinski definition) is 13. The molecule has 0 heterocycles. The van der Waals surface area contributed by atoms with Crippen molar-refractivity contribution in [1.29, 1.82) is 0 Å². The van der Waals surface area contributed by atoms with Gasteiger partial charge in [0.05, 0.1) is 0 Å². The van der Waals surface area contributed by atoms with Gasteiger partial charge in [0.2, 0.25) is 0 Å². The normalized spacial score (nSPS) is 14.8. The van der Waals surface area contributed by atoms with Gasteiger partial charge in [-0.2, -0.15) is 9.78 Å². The lowest BCUT2D eigenvalue weighted by molar-refractivity contribution is -0.584. The van der Waals surface area contributed by atoms with E-state index in [0.717, 1.165) is 0 Å². The Labute approximate surface area is 104 Å². The molecule has 0 atom stereocenters. The maximum atomic E-state index is 8.93. The molecule has 0 aliphatic rings. The van der Waals surface area contributed by atoms with E-state index in [1.54, 1.807) is 0 Å². The average molecular weight is 294 g/mol. The molecule has 13 heteroatoms.